The third kappa shape index (κ3) is 2.58. The van der Waals surface area contributed by atoms with Crippen LogP contribution in [-0.4, -0.2) is 35.1 Å². The molecule has 2 heterocycles. The van der Waals surface area contributed by atoms with E-state index >= 15 is 0 Å². The molecule has 1 aromatic heterocycles. The maximum Gasteiger partial charge on any atom is 0.342 e. The lowest BCUT2D eigenvalue weighted by atomic mass is 10.1. The molecular formula is C15H16N2O3. The number of esters is 1. The Bertz CT molecular complexity index is 601. The molecule has 20 heavy (non-hydrogen) atoms. The first-order valence-electron chi connectivity index (χ1n) is 6.62. The highest BCUT2D eigenvalue weighted by Crippen LogP contribution is 2.23. The molecule has 1 atom stereocenters. The minimum atomic E-state index is -0.340. The van der Waals surface area contributed by atoms with Gasteiger partial charge < -0.3 is 9.47 Å². The highest BCUT2D eigenvalue weighted by Gasteiger charge is 2.24. The van der Waals surface area contributed by atoms with Crippen LogP contribution in [0.3, 0.4) is 0 Å². The van der Waals surface area contributed by atoms with Gasteiger partial charge in [0.25, 0.3) is 0 Å². The Labute approximate surface area is 117 Å². The summed E-state index contributed by atoms with van der Waals surface area (Å²) in [6, 6.07) is 9.63. The van der Waals surface area contributed by atoms with Crippen molar-refractivity contribution in [2.75, 3.05) is 13.2 Å². The van der Waals surface area contributed by atoms with Crippen LogP contribution in [0.25, 0.3) is 11.3 Å². The van der Waals surface area contributed by atoms with Crippen LogP contribution in [-0.2, 0) is 16.5 Å². The van der Waals surface area contributed by atoms with Gasteiger partial charge in [0.2, 0.25) is 0 Å². The molecule has 0 aliphatic carbocycles. The fourth-order valence-corrected chi connectivity index (χ4v) is 2.27. The number of nitrogens with zero attached hydrogens (tertiary/aromatic N) is 2. The Hall–Kier alpha value is -2.14. The number of carbonyl (C=O) groups excluding carboxylic acids is 1. The predicted octanol–water partition coefficient (Wildman–Crippen LogP) is 2.03. The van der Waals surface area contributed by atoms with E-state index in [1.807, 2.05) is 30.3 Å². The molecule has 2 aromatic rings. The lowest BCUT2D eigenvalue weighted by Crippen LogP contribution is -2.18. The van der Waals surface area contributed by atoms with Gasteiger partial charge in [-0.15, -0.1) is 0 Å². The molecule has 1 aromatic carbocycles. The monoisotopic (exact) mass is 272 g/mol. The van der Waals surface area contributed by atoms with E-state index in [0.29, 0.717) is 24.5 Å². The van der Waals surface area contributed by atoms with Crippen molar-refractivity contribution < 1.29 is 14.3 Å². The van der Waals surface area contributed by atoms with E-state index in [4.69, 9.17) is 9.47 Å². The fraction of sp³-hybridized carbons (Fsp3) is 0.333. The summed E-state index contributed by atoms with van der Waals surface area (Å²) in [6.45, 7) is 1.13. The van der Waals surface area contributed by atoms with E-state index < -0.39 is 0 Å². The lowest BCUT2D eigenvalue weighted by molar-refractivity contribution is 0.0271. The number of carbonyl (C=O) groups is 1. The summed E-state index contributed by atoms with van der Waals surface area (Å²) >= 11 is 0. The number of hydrogen-bond acceptors (Lipinski definition) is 4. The van der Waals surface area contributed by atoms with Gasteiger partial charge in [-0.1, -0.05) is 30.3 Å². The Balaban J connectivity index is 1.87. The lowest BCUT2D eigenvalue weighted by Gasteiger charge is -2.09. The molecule has 0 spiro atoms. The van der Waals surface area contributed by atoms with Crippen LogP contribution in [0.4, 0.5) is 0 Å². The highest BCUT2D eigenvalue weighted by atomic mass is 16.6. The number of benzene rings is 1. The summed E-state index contributed by atoms with van der Waals surface area (Å²) in [5.74, 6) is -0.340. The minimum Gasteiger partial charge on any atom is -0.456 e. The van der Waals surface area contributed by atoms with E-state index in [0.717, 1.165) is 12.0 Å². The Morgan fingerprint density at radius 3 is 2.90 bits per heavy atom. The van der Waals surface area contributed by atoms with E-state index in [2.05, 4.69) is 5.10 Å². The van der Waals surface area contributed by atoms with Crippen LogP contribution in [0.2, 0.25) is 0 Å². The Morgan fingerprint density at radius 2 is 2.20 bits per heavy atom. The van der Waals surface area contributed by atoms with Crippen LogP contribution in [0.1, 0.15) is 16.8 Å². The van der Waals surface area contributed by atoms with E-state index in [1.54, 1.807) is 17.9 Å². The second-order valence-corrected chi connectivity index (χ2v) is 4.82. The second kappa shape index (κ2) is 5.46. The van der Waals surface area contributed by atoms with Crippen molar-refractivity contribution in [1.29, 1.82) is 0 Å². The van der Waals surface area contributed by atoms with E-state index in [9.17, 15) is 4.79 Å². The maximum absolute atomic E-state index is 12.3. The second-order valence-electron chi connectivity index (χ2n) is 4.82. The standard InChI is InChI=1S/C15H16N2O3/c1-17-9-13(15(18)20-12-7-8-19-10-12)14(16-17)11-5-3-2-4-6-11/h2-6,9,12H,7-8,10H2,1H3/t12-/m0/s1. The van der Waals surface area contributed by atoms with Crippen molar-refractivity contribution in [2.24, 2.45) is 7.05 Å². The van der Waals surface area contributed by atoms with Crippen molar-refractivity contribution in [1.82, 2.24) is 9.78 Å². The molecule has 104 valence electrons. The van der Waals surface area contributed by atoms with Gasteiger partial charge >= 0.3 is 5.97 Å². The van der Waals surface area contributed by atoms with Crippen molar-refractivity contribution in [2.45, 2.75) is 12.5 Å². The molecule has 0 unspecified atom stereocenters. The van der Waals surface area contributed by atoms with Gasteiger partial charge in [0, 0.05) is 25.2 Å². The molecule has 3 rings (SSSR count). The van der Waals surface area contributed by atoms with Gasteiger partial charge in [-0.25, -0.2) is 4.79 Å². The van der Waals surface area contributed by atoms with Crippen molar-refractivity contribution in [3.05, 3.63) is 42.1 Å². The van der Waals surface area contributed by atoms with Crippen molar-refractivity contribution in [3.63, 3.8) is 0 Å². The fourth-order valence-electron chi connectivity index (χ4n) is 2.27. The largest absolute Gasteiger partial charge is 0.456 e. The SMILES string of the molecule is Cn1cc(C(=O)O[C@H]2CCOC2)c(-c2ccccc2)n1. The van der Waals surface area contributed by atoms with E-state index in [1.165, 1.54) is 0 Å². The summed E-state index contributed by atoms with van der Waals surface area (Å²) in [4.78, 5) is 12.3. The molecule has 5 heteroatoms. The average Bonchev–Trinajstić information content (AvgIpc) is 3.09. The molecule has 0 bridgehead atoms. The zero-order valence-corrected chi connectivity index (χ0v) is 11.3. The summed E-state index contributed by atoms with van der Waals surface area (Å²) in [5.41, 5.74) is 2.05. The van der Waals surface area contributed by atoms with Crippen LogP contribution in [0.5, 0.6) is 0 Å². The molecule has 0 saturated carbocycles. The summed E-state index contributed by atoms with van der Waals surface area (Å²) in [5, 5.41) is 4.36. The first kappa shape index (κ1) is 12.9. The van der Waals surface area contributed by atoms with Crippen LogP contribution < -0.4 is 0 Å². The number of aryl methyl sites for hydroxylation is 1. The minimum absolute atomic E-state index is 0.147. The molecule has 0 N–H and O–H groups in total. The predicted molar refractivity (Wildman–Crippen MR) is 73.3 cm³/mol. The summed E-state index contributed by atoms with van der Waals surface area (Å²) in [7, 11) is 1.79. The van der Waals surface area contributed by atoms with Crippen molar-refractivity contribution >= 4 is 5.97 Å². The van der Waals surface area contributed by atoms with E-state index in [-0.39, 0.29) is 12.1 Å². The molecule has 0 amide bonds. The molecule has 5 nitrogen and oxygen atoms in total. The number of hydrogen-bond donors (Lipinski definition) is 0. The summed E-state index contributed by atoms with van der Waals surface area (Å²) in [6.07, 6.45) is 2.30. The third-order valence-electron chi connectivity index (χ3n) is 3.26. The van der Waals surface area contributed by atoms with Crippen molar-refractivity contribution in [3.8, 4) is 11.3 Å². The van der Waals surface area contributed by atoms with Gasteiger partial charge in [0.05, 0.1) is 13.2 Å². The first-order valence-corrected chi connectivity index (χ1v) is 6.62. The quantitative estimate of drug-likeness (QED) is 0.802. The number of rotatable bonds is 3. The Kier molecular flexibility index (Phi) is 3.52. The smallest absolute Gasteiger partial charge is 0.342 e. The van der Waals surface area contributed by atoms with Gasteiger partial charge in [-0.2, -0.15) is 5.10 Å². The zero-order chi connectivity index (χ0) is 13.9. The van der Waals surface area contributed by atoms with Crippen LogP contribution in [0, 0.1) is 0 Å². The Morgan fingerprint density at radius 1 is 1.40 bits per heavy atom. The number of ether oxygens (including phenoxy) is 2. The first-order chi connectivity index (χ1) is 9.74. The molecule has 1 fully saturated rings. The average molecular weight is 272 g/mol. The topological polar surface area (TPSA) is 53.4 Å². The summed E-state index contributed by atoms with van der Waals surface area (Å²) < 4.78 is 12.3. The van der Waals surface area contributed by atoms with Crippen LogP contribution >= 0.6 is 0 Å². The normalized spacial score (nSPS) is 18.1. The molecule has 1 aliphatic heterocycles. The van der Waals surface area contributed by atoms with Gasteiger partial charge in [-0.3, -0.25) is 4.68 Å². The maximum atomic E-state index is 12.3. The molecule has 1 saturated heterocycles. The molecule has 1 aliphatic rings. The van der Waals surface area contributed by atoms with Gasteiger partial charge in [0.15, 0.2) is 0 Å². The van der Waals surface area contributed by atoms with Crippen LogP contribution in [0.15, 0.2) is 36.5 Å². The third-order valence-corrected chi connectivity index (χ3v) is 3.26. The molecular weight excluding hydrogens is 256 g/mol. The van der Waals surface area contributed by atoms with Gasteiger partial charge in [0.1, 0.15) is 17.4 Å². The van der Waals surface area contributed by atoms with Gasteiger partial charge in [-0.05, 0) is 0 Å². The highest BCUT2D eigenvalue weighted by molar-refractivity contribution is 5.96. The molecule has 0 radical (unpaired) electrons. The zero-order valence-electron chi connectivity index (χ0n) is 11.3. The number of aromatic nitrogens is 2.